The molecule has 1 fully saturated rings. The first-order valence-corrected chi connectivity index (χ1v) is 6.40. The van der Waals surface area contributed by atoms with E-state index in [-0.39, 0.29) is 11.9 Å². The fourth-order valence-electron chi connectivity index (χ4n) is 2.30. The van der Waals surface area contributed by atoms with Gasteiger partial charge in [0.2, 0.25) is 0 Å². The fourth-order valence-corrected chi connectivity index (χ4v) is 2.30. The average molecular weight is 289 g/mol. The molecule has 1 aliphatic carbocycles. The zero-order chi connectivity index (χ0) is 14.8. The SMILES string of the molecule is O=[N+]([O-])c1cc(C(F)(F)F)ccc1OC1CCCCC1. The molecule has 0 unspecified atom stereocenters. The zero-order valence-corrected chi connectivity index (χ0v) is 10.7. The Hall–Kier alpha value is -1.79. The van der Waals surface area contributed by atoms with Crippen LogP contribution in [0.1, 0.15) is 37.7 Å². The summed E-state index contributed by atoms with van der Waals surface area (Å²) in [7, 11) is 0. The lowest BCUT2D eigenvalue weighted by molar-refractivity contribution is -0.386. The topological polar surface area (TPSA) is 52.4 Å². The molecule has 0 N–H and O–H groups in total. The van der Waals surface area contributed by atoms with E-state index in [2.05, 4.69) is 0 Å². The van der Waals surface area contributed by atoms with E-state index in [1.54, 1.807) is 0 Å². The quantitative estimate of drug-likeness (QED) is 0.615. The highest BCUT2D eigenvalue weighted by Crippen LogP contribution is 2.37. The van der Waals surface area contributed by atoms with Crippen LogP contribution in [0.25, 0.3) is 0 Å². The molecule has 1 saturated carbocycles. The Morgan fingerprint density at radius 3 is 2.40 bits per heavy atom. The van der Waals surface area contributed by atoms with E-state index in [1.165, 1.54) is 0 Å². The second-order valence-corrected chi connectivity index (χ2v) is 4.82. The van der Waals surface area contributed by atoms with Gasteiger partial charge >= 0.3 is 11.9 Å². The van der Waals surface area contributed by atoms with Gasteiger partial charge < -0.3 is 4.74 Å². The highest BCUT2D eigenvalue weighted by Gasteiger charge is 2.33. The van der Waals surface area contributed by atoms with Gasteiger partial charge in [-0.05, 0) is 37.8 Å². The number of alkyl halides is 3. The van der Waals surface area contributed by atoms with Gasteiger partial charge in [0, 0.05) is 6.07 Å². The number of hydrogen-bond donors (Lipinski definition) is 0. The number of nitro benzene ring substituents is 1. The molecule has 0 amide bonds. The number of rotatable bonds is 3. The van der Waals surface area contributed by atoms with Gasteiger partial charge in [0.05, 0.1) is 16.6 Å². The third kappa shape index (κ3) is 3.40. The van der Waals surface area contributed by atoms with Gasteiger partial charge in [-0.15, -0.1) is 0 Å². The smallest absolute Gasteiger partial charge is 0.416 e. The zero-order valence-electron chi connectivity index (χ0n) is 10.7. The number of benzene rings is 1. The van der Waals surface area contributed by atoms with Crippen molar-refractivity contribution >= 4 is 5.69 Å². The molecule has 0 radical (unpaired) electrons. The highest BCUT2D eigenvalue weighted by atomic mass is 19.4. The number of nitro groups is 1. The number of ether oxygens (including phenoxy) is 1. The molecule has 0 bridgehead atoms. The van der Waals surface area contributed by atoms with Crippen molar-refractivity contribution in [3.63, 3.8) is 0 Å². The van der Waals surface area contributed by atoms with Crippen LogP contribution in [0.5, 0.6) is 5.75 Å². The summed E-state index contributed by atoms with van der Waals surface area (Å²) in [6.07, 6.45) is -0.170. The maximum Gasteiger partial charge on any atom is 0.416 e. The van der Waals surface area contributed by atoms with Crippen LogP contribution < -0.4 is 4.74 Å². The molecule has 1 aromatic rings. The molecule has 0 atom stereocenters. The Morgan fingerprint density at radius 2 is 1.85 bits per heavy atom. The largest absolute Gasteiger partial charge is 0.484 e. The van der Waals surface area contributed by atoms with E-state index in [0.29, 0.717) is 6.07 Å². The van der Waals surface area contributed by atoms with Crippen LogP contribution in [0, 0.1) is 10.1 Å². The van der Waals surface area contributed by atoms with Crippen LogP contribution in [0.3, 0.4) is 0 Å². The molecule has 1 aliphatic rings. The first kappa shape index (κ1) is 14.6. The van der Waals surface area contributed by atoms with Crippen molar-refractivity contribution < 1.29 is 22.8 Å². The molecule has 4 nitrogen and oxygen atoms in total. The van der Waals surface area contributed by atoms with Gasteiger partial charge in [-0.25, -0.2) is 0 Å². The summed E-state index contributed by atoms with van der Waals surface area (Å²) < 4.78 is 43.2. The fraction of sp³-hybridized carbons (Fsp3) is 0.538. The normalized spacial score (nSPS) is 16.9. The van der Waals surface area contributed by atoms with Crippen molar-refractivity contribution in [3.8, 4) is 5.75 Å². The highest BCUT2D eigenvalue weighted by molar-refractivity contribution is 5.49. The monoisotopic (exact) mass is 289 g/mol. The summed E-state index contributed by atoms with van der Waals surface area (Å²) in [5, 5.41) is 10.9. The molecular weight excluding hydrogens is 275 g/mol. The molecule has 110 valence electrons. The minimum absolute atomic E-state index is 0.0881. The molecule has 0 aliphatic heterocycles. The Kier molecular flexibility index (Phi) is 4.15. The summed E-state index contributed by atoms with van der Waals surface area (Å²) >= 11 is 0. The van der Waals surface area contributed by atoms with Crippen LogP contribution in [0.4, 0.5) is 18.9 Å². The summed E-state index contributed by atoms with van der Waals surface area (Å²) in [4.78, 5) is 10.1. The Morgan fingerprint density at radius 1 is 1.20 bits per heavy atom. The van der Waals surface area contributed by atoms with Gasteiger partial charge in [-0.3, -0.25) is 10.1 Å². The van der Waals surface area contributed by atoms with Crippen molar-refractivity contribution in [2.24, 2.45) is 0 Å². The van der Waals surface area contributed by atoms with Gasteiger partial charge in [0.1, 0.15) is 0 Å². The predicted octanol–water partition coefficient (Wildman–Crippen LogP) is 4.33. The number of halogens is 3. The Bertz CT molecular complexity index is 496. The lowest BCUT2D eigenvalue weighted by Gasteiger charge is -2.23. The molecule has 0 aromatic heterocycles. The molecule has 0 heterocycles. The van der Waals surface area contributed by atoms with Gasteiger partial charge in [-0.1, -0.05) is 6.42 Å². The van der Waals surface area contributed by atoms with Crippen molar-refractivity contribution in [2.45, 2.75) is 44.4 Å². The van der Waals surface area contributed by atoms with E-state index in [9.17, 15) is 23.3 Å². The summed E-state index contributed by atoms with van der Waals surface area (Å²) in [6.45, 7) is 0. The maximum absolute atomic E-state index is 12.6. The maximum atomic E-state index is 12.6. The molecule has 20 heavy (non-hydrogen) atoms. The second kappa shape index (κ2) is 5.68. The van der Waals surface area contributed by atoms with Gasteiger partial charge in [-0.2, -0.15) is 13.2 Å². The second-order valence-electron chi connectivity index (χ2n) is 4.82. The van der Waals surface area contributed by atoms with Crippen LogP contribution in [0.15, 0.2) is 18.2 Å². The molecular formula is C13H14F3NO3. The minimum Gasteiger partial charge on any atom is -0.484 e. The minimum atomic E-state index is -4.60. The van der Waals surface area contributed by atoms with Crippen molar-refractivity contribution in [3.05, 3.63) is 33.9 Å². The third-order valence-corrected chi connectivity index (χ3v) is 3.33. The van der Waals surface area contributed by atoms with E-state index in [0.717, 1.165) is 44.2 Å². The van der Waals surface area contributed by atoms with E-state index in [1.807, 2.05) is 0 Å². The first-order valence-electron chi connectivity index (χ1n) is 6.40. The van der Waals surface area contributed by atoms with Crippen molar-refractivity contribution in [1.29, 1.82) is 0 Å². The van der Waals surface area contributed by atoms with Crippen LogP contribution in [-0.2, 0) is 6.18 Å². The number of hydrogen-bond acceptors (Lipinski definition) is 3. The Labute approximate surface area is 113 Å². The summed E-state index contributed by atoms with van der Waals surface area (Å²) in [5.41, 5.74) is -1.68. The van der Waals surface area contributed by atoms with Crippen LogP contribution in [-0.4, -0.2) is 11.0 Å². The van der Waals surface area contributed by atoms with E-state index in [4.69, 9.17) is 4.74 Å². The molecule has 0 saturated heterocycles. The first-order chi connectivity index (χ1) is 9.38. The number of nitrogens with zero attached hydrogens (tertiary/aromatic N) is 1. The summed E-state index contributed by atoms with van der Waals surface area (Å²) in [6, 6.07) is 2.37. The molecule has 2 rings (SSSR count). The molecule has 1 aromatic carbocycles. The average Bonchev–Trinajstić information content (AvgIpc) is 2.38. The molecule has 0 spiro atoms. The third-order valence-electron chi connectivity index (χ3n) is 3.33. The summed E-state index contributed by atoms with van der Waals surface area (Å²) in [5.74, 6) is -0.0881. The van der Waals surface area contributed by atoms with Crippen LogP contribution >= 0.6 is 0 Å². The Balaban J connectivity index is 2.25. The van der Waals surface area contributed by atoms with E-state index >= 15 is 0 Å². The predicted molar refractivity (Wildman–Crippen MR) is 65.6 cm³/mol. The standard InChI is InChI=1S/C13H14F3NO3/c14-13(15,16)9-6-7-12(11(8-9)17(18)19)20-10-4-2-1-3-5-10/h6-8,10H,1-5H2. The van der Waals surface area contributed by atoms with Gasteiger partial charge in [0.25, 0.3) is 0 Å². The van der Waals surface area contributed by atoms with Crippen molar-refractivity contribution in [2.75, 3.05) is 0 Å². The lowest BCUT2D eigenvalue weighted by Crippen LogP contribution is -2.20. The lowest BCUT2D eigenvalue weighted by atomic mass is 9.98. The van der Waals surface area contributed by atoms with E-state index < -0.39 is 22.4 Å². The van der Waals surface area contributed by atoms with Crippen LogP contribution in [0.2, 0.25) is 0 Å². The van der Waals surface area contributed by atoms with Gasteiger partial charge in [0.15, 0.2) is 5.75 Å². The van der Waals surface area contributed by atoms with Crippen molar-refractivity contribution in [1.82, 2.24) is 0 Å². The molecule has 7 heteroatoms.